The second-order valence-electron chi connectivity index (χ2n) is 4.54. The fourth-order valence-electron chi connectivity index (χ4n) is 2.34. The Balaban J connectivity index is 0.00000220. The lowest BCUT2D eigenvalue weighted by Crippen LogP contribution is -2.45. The topological polar surface area (TPSA) is 24.5 Å². The number of benzene rings is 1. The van der Waals surface area contributed by atoms with Crippen molar-refractivity contribution in [3.63, 3.8) is 0 Å². The number of ether oxygens (including phenoxy) is 1. The van der Waals surface area contributed by atoms with Crippen LogP contribution < -0.4 is 10.1 Å². The number of piperazine rings is 1. The summed E-state index contributed by atoms with van der Waals surface area (Å²) in [5.74, 6) is -0.332. The summed E-state index contributed by atoms with van der Waals surface area (Å²) in [4.78, 5) is 1.83. The first kappa shape index (κ1) is 18.0. The number of hydrogen-bond acceptors (Lipinski definition) is 3. The lowest BCUT2D eigenvalue weighted by molar-refractivity contribution is -0.275. The van der Waals surface area contributed by atoms with E-state index in [2.05, 4.69) is 10.1 Å². The van der Waals surface area contributed by atoms with Gasteiger partial charge in [0.25, 0.3) is 0 Å². The summed E-state index contributed by atoms with van der Waals surface area (Å²) in [6.07, 6.45) is -4.78. The summed E-state index contributed by atoms with van der Waals surface area (Å²) in [5, 5.41) is 3.12. The zero-order valence-corrected chi connectivity index (χ0v) is 12.0. The minimum atomic E-state index is -4.78. The molecule has 120 valence electrons. The maximum atomic E-state index is 13.3. The van der Waals surface area contributed by atoms with Gasteiger partial charge in [-0.25, -0.2) is 4.39 Å². The highest BCUT2D eigenvalue weighted by Gasteiger charge is 2.34. The third kappa shape index (κ3) is 5.01. The Bertz CT molecular complexity index is 438. The molecule has 0 bridgehead atoms. The zero-order valence-electron chi connectivity index (χ0n) is 11.2. The molecule has 1 fully saturated rings. The minimum Gasteiger partial charge on any atom is -0.405 e. The van der Waals surface area contributed by atoms with E-state index in [4.69, 9.17) is 0 Å². The van der Waals surface area contributed by atoms with Crippen LogP contribution in [-0.4, -0.2) is 44.1 Å². The molecular formula is C13H17ClF4N2O. The quantitative estimate of drug-likeness (QED) is 0.860. The number of alkyl halides is 4. The Morgan fingerprint density at radius 3 is 2.38 bits per heavy atom. The normalized spacial score (nSPS) is 17.9. The van der Waals surface area contributed by atoms with Crippen LogP contribution >= 0.6 is 12.4 Å². The Labute approximate surface area is 126 Å². The number of rotatable bonds is 4. The third-order valence-electron chi connectivity index (χ3n) is 3.24. The van der Waals surface area contributed by atoms with Gasteiger partial charge in [0.15, 0.2) is 0 Å². The fraction of sp³-hybridized carbons (Fsp3) is 0.538. The molecule has 1 aromatic rings. The summed E-state index contributed by atoms with van der Waals surface area (Å²) < 4.78 is 54.5. The highest BCUT2D eigenvalue weighted by atomic mass is 35.5. The van der Waals surface area contributed by atoms with Gasteiger partial charge in [-0.05, 0) is 6.07 Å². The molecule has 1 heterocycles. The third-order valence-corrected chi connectivity index (χ3v) is 3.24. The number of nitrogens with zero attached hydrogens (tertiary/aromatic N) is 1. The average Bonchev–Trinajstić information content (AvgIpc) is 2.41. The van der Waals surface area contributed by atoms with Crippen molar-refractivity contribution in [1.82, 2.24) is 10.2 Å². The molecule has 1 aliphatic rings. The van der Waals surface area contributed by atoms with Crippen LogP contribution in [0.3, 0.4) is 0 Å². The number of hydrogen-bond donors (Lipinski definition) is 1. The fourth-order valence-corrected chi connectivity index (χ4v) is 2.34. The van der Waals surface area contributed by atoms with E-state index in [-0.39, 0.29) is 23.7 Å². The van der Waals surface area contributed by atoms with Crippen LogP contribution in [0.4, 0.5) is 17.6 Å². The van der Waals surface area contributed by atoms with Gasteiger partial charge < -0.3 is 10.1 Å². The van der Waals surface area contributed by atoms with E-state index in [1.807, 2.05) is 4.90 Å². The van der Waals surface area contributed by atoms with Gasteiger partial charge in [0.05, 0.1) is 6.04 Å². The molecule has 0 unspecified atom stereocenters. The van der Waals surface area contributed by atoms with Gasteiger partial charge >= 0.3 is 6.36 Å². The highest BCUT2D eigenvalue weighted by molar-refractivity contribution is 5.85. The highest BCUT2D eigenvalue weighted by Crippen LogP contribution is 2.33. The van der Waals surface area contributed by atoms with E-state index in [0.29, 0.717) is 26.2 Å². The molecule has 21 heavy (non-hydrogen) atoms. The van der Waals surface area contributed by atoms with Gasteiger partial charge in [-0.15, -0.1) is 25.6 Å². The van der Waals surface area contributed by atoms with E-state index in [1.54, 1.807) is 6.07 Å². The number of halogens is 5. The van der Waals surface area contributed by atoms with Crippen LogP contribution in [0.15, 0.2) is 24.3 Å². The van der Waals surface area contributed by atoms with Crippen molar-refractivity contribution in [3.8, 4) is 5.75 Å². The molecule has 1 aromatic carbocycles. The molecule has 1 atom stereocenters. The smallest absolute Gasteiger partial charge is 0.405 e. The summed E-state index contributed by atoms with van der Waals surface area (Å²) in [6.45, 7) is 1.82. The van der Waals surface area contributed by atoms with Gasteiger partial charge in [-0.2, -0.15) is 0 Å². The molecule has 3 nitrogen and oxygen atoms in total. The monoisotopic (exact) mass is 328 g/mol. The molecule has 0 saturated carbocycles. The molecule has 0 aromatic heterocycles. The standard InChI is InChI=1S/C13H16F4N2O.ClH/c14-9-11(19-7-5-18-6-8-19)10-3-1-2-4-12(10)20-13(15,16)17;/h1-4,11,18H,5-9H2;1H/t11-;/m1./s1. The van der Waals surface area contributed by atoms with Gasteiger partial charge in [0.1, 0.15) is 12.4 Å². The van der Waals surface area contributed by atoms with Crippen LogP contribution in [0, 0.1) is 0 Å². The maximum absolute atomic E-state index is 13.3. The van der Waals surface area contributed by atoms with Crippen molar-refractivity contribution < 1.29 is 22.3 Å². The second-order valence-corrected chi connectivity index (χ2v) is 4.54. The molecule has 0 amide bonds. The molecule has 1 N–H and O–H groups in total. The van der Waals surface area contributed by atoms with Gasteiger partial charge in [0.2, 0.25) is 0 Å². The van der Waals surface area contributed by atoms with Crippen LogP contribution in [0.1, 0.15) is 11.6 Å². The molecule has 0 aliphatic carbocycles. The Hall–Kier alpha value is -1.05. The molecule has 0 spiro atoms. The van der Waals surface area contributed by atoms with Gasteiger partial charge in [-0.1, -0.05) is 18.2 Å². The zero-order chi connectivity index (χ0) is 14.6. The summed E-state index contributed by atoms with van der Waals surface area (Å²) >= 11 is 0. The summed E-state index contributed by atoms with van der Waals surface area (Å²) in [7, 11) is 0. The van der Waals surface area contributed by atoms with Crippen molar-refractivity contribution in [2.75, 3.05) is 32.9 Å². The number of para-hydroxylation sites is 1. The van der Waals surface area contributed by atoms with Crippen molar-refractivity contribution in [3.05, 3.63) is 29.8 Å². The summed E-state index contributed by atoms with van der Waals surface area (Å²) in [5.41, 5.74) is 0.231. The summed E-state index contributed by atoms with van der Waals surface area (Å²) in [6, 6.07) is 5.01. The van der Waals surface area contributed by atoms with E-state index >= 15 is 0 Å². The first-order chi connectivity index (χ1) is 9.51. The largest absolute Gasteiger partial charge is 0.573 e. The SMILES string of the molecule is Cl.FC[C@H](c1ccccc1OC(F)(F)F)N1CCNCC1. The molecule has 1 saturated heterocycles. The number of nitrogens with one attached hydrogen (secondary N) is 1. The van der Waals surface area contributed by atoms with Crippen LogP contribution in [0.2, 0.25) is 0 Å². The first-order valence-electron chi connectivity index (χ1n) is 6.36. The van der Waals surface area contributed by atoms with Gasteiger partial charge in [-0.3, -0.25) is 4.90 Å². The van der Waals surface area contributed by atoms with Crippen molar-refractivity contribution in [2.45, 2.75) is 12.4 Å². The molecular weight excluding hydrogens is 312 g/mol. The van der Waals surface area contributed by atoms with E-state index in [9.17, 15) is 17.6 Å². The van der Waals surface area contributed by atoms with Crippen molar-refractivity contribution in [2.24, 2.45) is 0 Å². The van der Waals surface area contributed by atoms with Gasteiger partial charge in [0, 0.05) is 31.7 Å². The lowest BCUT2D eigenvalue weighted by atomic mass is 10.0. The first-order valence-corrected chi connectivity index (χ1v) is 6.36. The average molecular weight is 329 g/mol. The second kappa shape index (κ2) is 7.82. The Morgan fingerprint density at radius 1 is 1.19 bits per heavy atom. The predicted octanol–water partition coefficient (Wildman–Crippen LogP) is 2.92. The minimum absolute atomic E-state index is 0. The van der Waals surface area contributed by atoms with Crippen LogP contribution in [0.25, 0.3) is 0 Å². The molecule has 1 aliphatic heterocycles. The van der Waals surface area contributed by atoms with E-state index < -0.39 is 19.1 Å². The lowest BCUT2D eigenvalue weighted by Gasteiger charge is -2.34. The molecule has 0 radical (unpaired) electrons. The van der Waals surface area contributed by atoms with Crippen LogP contribution in [0.5, 0.6) is 5.75 Å². The predicted molar refractivity (Wildman–Crippen MR) is 73.5 cm³/mol. The van der Waals surface area contributed by atoms with E-state index in [1.165, 1.54) is 18.2 Å². The Morgan fingerprint density at radius 2 is 1.81 bits per heavy atom. The van der Waals surface area contributed by atoms with Crippen molar-refractivity contribution >= 4 is 12.4 Å². The van der Waals surface area contributed by atoms with Crippen LogP contribution in [-0.2, 0) is 0 Å². The van der Waals surface area contributed by atoms with E-state index in [0.717, 1.165) is 0 Å². The van der Waals surface area contributed by atoms with Crippen molar-refractivity contribution in [1.29, 1.82) is 0 Å². The molecule has 2 rings (SSSR count). The molecule has 8 heteroatoms. The maximum Gasteiger partial charge on any atom is 0.573 e. The Kier molecular flexibility index (Phi) is 6.70.